The lowest BCUT2D eigenvalue weighted by Crippen LogP contribution is -2.57. The van der Waals surface area contributed by atoms with Gasteiger partial charge in [-0.3, -0.25) is 19.3 Å². The zero-order chi connectivity index (χ0) is 27.9. The van der Waals surface area contributed by atoms with Crippen LogP contribution >= 0.6 is 0 Å². The number of rotatable bonds is 8. The summed E-state index contributed by atoms with van der Waals surface area (Å²) in [5.74, 6) is -1.33. The smallest absolute Gasteiger partial charge is 0.246 e. The molecule has 216 valence electrons. The van der Waals surface area contributed by atoms with E-state index in [0.29, 0.717) is 30.6 Å². The van der Waals surface area contributed by atoms with Crippen molar-refractivity contribution in [2.24, 2.45) is 11.8 Å². The number of fused-ring (bicyclic) bond motifs is 1. The van der Waals surface area contributed by atoms with Gasteiger partial charge in [-0.15, -0.1) is 0 Å². The molecule has 9 heteroatoms. The topological polar surface area (TPSA) is 100 Å². The van der Waals surface area contributed by atoms with Crippen molar-refractivity contribution in [1.82, 2.24) is 15.1 Å². The second-order valence-electron chi connectivity index (χ2n) is 12.2. The third-order valence-electron chi connectivity index (χ3n) is 9.80. The molecule has 0 unspecified atom stereocenters. The lowest BCUT2D eigenvalue weighted by Gasteiger charge is -2.37. The Morgan fingerprint density at radius 3 is 2.50 bits per heavy atom. The second kappa shape index (κ2) is 11.2. The maximum Gasteiger partial charge on any atom is 0.246 e. The molecule has 1 aliphatic carbocycles. The molecule has 9 nitrogen and oxygen atoms in total. The van der Waals surface area contributed by atoms with Crippen LogP contribution in [0.25, 0.3) is 0 Å². The van der Waals surface area contributed by atoms with Crippen LogP contribution in [0.2, 0.25) is 0 Å². The molecule has 0 radical (unpaired) electrons. The van der Waals surface area contributed by atoms with Crippen LogP contribution in [-0.2, 0) is 19.1 Å². The van der Waals surface area contributed by atoms with Gasteiger partial charge in [0.05, 0.1) is 25.0 Å². The Balaban J connectivity index is 1.26. The van der Waals surface area contributed by atoms with Crippen molar-refractivity contribution in [1.29, 1.82) is 0 Å². The summed E-state index contributed by atoms with van der Waals surface area (Å²) in [4.78, 5) is 46.0. The van der Waals surface area contributed by atoms with Crippen LogP contribution in [0.15, 0.2) is 36.4 Å². The summed E-state index contributed by atoms with van der Waals surface area (Å²) in [5.41, 5.74) is -0.504. The van der Waals surface area contributed by atoms with Gasteiger partial charge in [0.15, 0.2) is 0 Å². The average molecular weight is 551 g/mol. The molecular weight excluding hydrogens is 508 g/mol. The Morgan fingerprint density at radius 1 is 1.02 bits per heavy atom. The summed E-state index contributed by atoms with van der Waals surface area (Å²) in [6, 6.07) is 6.90. The number of hydrogen-bond acceptors (Lipinski definition) is 6. The summed E-state index contributed by atoms with van der Waals surface area (Å²) < 4.78 is 11.7. The standard InChI is InChI=1S/C31H42N4O5/c1-20-8-6-7-17-34(20)18-19-35-27(29(37)33-21-9-4-3-5-10-21)31-16-15-24(40-31)25(26(31)30(35)38)28(36)32-22-11-13-23(39-2)14-12-22/h11-16,20-21,24-27H,3-10,17-19H2,1-2H3,(H,32,36)(H,33,37)/t20-,24-,25+,26-,27-,31-/m0/s1. The maximum atomic E-state index is 14.2. The van der Waals surface area contributed by atoms with E-state index in [0.717, 1.165) is 45.1 Å². The molecule has 1 aromatic rings. The van der Waals surface area contributed by atoms with Gasteiger partial charge in [-0.25, -0.2) is 0 Å². The molecule has 1 saturated carbocycles. The summed E-state index contributed by atoms with van der Waals surface area (Å²) >= 11 is 0. The molecule has 2 bridgehead atoms. The summed E-state index contributed by atoms with van der Waals surface area (Å²) in [6.07, 6.45) is 12.1. The Labute approximate surface area is 236 Å². The minimum atomic E-state index is -1.13. The van der Waals surface area contributed by atoms with Crippen LogP contribution in [0.5, 0.6) is 5.75 Å². The number of carbonyl (C=O) groups is 3. The first-order valence-electron chi connectivity index (χ1n) is 15.1. The highest BCUT2D eigenvalue weighted by Gasteiger charge is 2.72. The number of nitrogens with zero attached hydrogens (tertiary/aromatic N) is 2. The van der Waals surface area contributed by atoms with Crippen LogP contribution < -0.4 is 15.4 Å². The third-order valence-corrected chi connectivity index (χ3v) is 9.80. The van der Waals surface area contributed by atoms with Crippen LogP contribution in [0.3, 0.4) is 0 Å². The highest BCUT2D eigenvalue weighted by Crippen LogP contribution is 2.55. The van der Waals surface area contributed by atoms with Crippen molar-refractivity contribution in [2.75, 3.05) is 32.1 Å². The van der Waals surface area contributed by atoms with Crippen molar-refractivity contribution in [3.63, 3.8) is 0 Å². The van der Waals surface area contributed by atoms with Crippen molar-refractivity contribution in [3.05, 3.63) is 36.4 Å². The number of anilines is 1. The Hall–Kier alpha value is -2.91. The molecule has 1 spiro atoms. The number of benzene rings is 1. The normalized spacial score (nSPS) is 33.7. The first-order chi connectivity index (χ1) is 19.4. The lowest BCUT2D eigenvalue weighted by atomic mass is 9.74. The predicted octanol–water partition coefficient (Wildman–Crippen LogP) is 3.11. The molecule has 4 heterocycles. The van der Waals surface area contributed by atoms with E-state index in [9.17, 15) is 14.4 Å². The highest BCUT2D eigenvalue weighted by molar-refractivity contribution is 6.02. The fourth-order valence-electron chi connectivity index (χ4n) is 7.66. The number of hydrogen-bond donors (Lipinski definition) is 2. The Kier molecular flexibility index (Phi) is 7.61. The molecule has 4 aliphatic heterocycles. The zero-order valence-electron chi connectivity index (χ0n) is 23.6. The zero-order valence-corrected chi connectivity index (χ0v) is 23.6. The minimum Gasteiger partial charge on any atom is -0.497 e. The van der Waals surface area contributed by atoms with E-state index in [1.54, 1.807) is 36.3 Å². The minimum absolute atomic E-state index is 0.118. The molecule has 1 aromatic carbocycles. The van der Waals surface area contributed by atoms with Gasteiger partial charge >= 0.3 is 0 Å². The van der Waals surface area contributed by atoms with Gasteiger partial charge < -0.3 is 25.0 Å². The molecule has 6 atom stereocenters. The van der Waals surface area contributed by atoms with E-state index in [4.69, 9.17) is 9.47 Å². The van der Waals surface area contributed by atoms with E-state index in [1.807, 2.05) is 12.2 Å². The monoisotopic (exact) mass is 550 g/mol. The third kappa shape index (κ3) is 4.81. The van der Waals surface area contributed by atoms with E-state index in [2.05, 4.69) is 22.5 Å². The fourth-order valence-corrected chi connectivity index (χ4v) is 7.66. The van der Waals surface area contributed by atoms with Crippen LogP contribution in [0.4, 0.5) is 5.69 Å². The molecule has 5 aliphatic rings. The van der Waals surface area contributed by atoms with E-state index < -0.39 is 29.6 Å². The van der Waals surface area contributed by atoms with Crippen molar-refractivity contribution in [2.45, 2.75) is 88.1 Å². The number of nitrogens with one attached hydrogen (secondary N) is 2. The van der Waals surface area contributed by atoms with Crippen molar-refractivity contribution < 1.29 is 23.9 Å². The Morgan fingerprint density at radius 2 is 1.77 bits per heavy atom. The van der Waals surface area contributed by atoms with Crippen molar-refractivity contribution in [3.8, 4) is 5.75 Å². The van der Waals surface area contributed by atoms with Gasteiger partial charge in [-0.05, 0) is 63.4 Å². The largest absolute Gasteiger partial charge is 0.497 e. The van der Waals surface area contributed by atoms with Crippen LogP contribution in [-0.4, -0.2) is 84.1 Å². The molecule has 4 fully saturated rings. The van der Waals surface area contributed by atoms with Crippen LogP contribution in [0, 0.1) is 11.8 Å². The average Bonchev–Trinajstić information content (AvgIpc) is 3.61. The molecule has 3 amide bonds. The number of methoxy groups -OCH3 is 1. The van der Waals surface area contributed by atoms with Gasteiger partial charge in [0.2, 0.25) is 17.7 Å². The van der Waals surface area contributed by atoms with Gasteiger partial charge in [0.1, 0.15) is 17.4 Å². The molecule has 6 rings (SSSR count). The van der Waals surface area contributed by atoms with E-state index >= 15 is 0 Å². The van der Waals surface area contributed by atoms with Gasteiger partial charge in [-0.1, -0.05) is 37.8 Å². The molecule has 2 N–H and O–H groups in total. The van der Waals surface area contributed by atoms with Crippen LogP contribution in [0.1, 0.15) is 58.3 Å². The van der Waals surface area contributed by atoms with Gasteiger partial charge in [-0.2, -0.15) is 0 Å². The van der Waals surface area contributed by atoms with Crippen molar-refractivity contribution >= 4 is 23.4 Å². The fraction of sp³-hybridized carbons (Fsp3) is 0.645. The first kappa shape index (κ1) is 27.3. The number of amides is 3. The maximum absolute atomic E-state index is 14.2. The summed E-state index contributed by atoms with van der Waals surface area (Å²) in [6.45, 7) is 4.39. The second-order valence-corrected chi connectivity index (χ2v) is 12.2. The van der Waals surface area contributed by atoms with E-state index in [1.165, 1.54) is 12.8 Å². The number of ether oxygens (including phenoxy) is 2. The first-order valence-corrected chi connectivity index (χ1v) is 15.1. The lowest BCUT2D eigenvalue weighted by molar-refractivity contribution is -0.141. The van der Waals surface area contributed by atoms with E-state index in [-0.39, 0.29) is 23.8 Å². The highest BCUT2D eigenvalue weighted by atomic mass is 16.5. The van der Waals surface area contributed by atoms with Gasteiger partial charge in [0.25, 0.3) is 0 Å². The number of piperidine rings is 1. The molecular formula is C31H42N4O5. The quantitative estimate of drug-likeness (QED) is 0.483. The van der Waals surface area contributed by atoms with Gasteiger partial charge in [0, 0.05) is 30.9 Å². The summed E-state index contributed by atoms with van der Waals surface area (Å²) in [7, 11) is 1.59. The number of carbonyl (C=O) groups excluding carboxylic acids is 3. The molecule has 40 heavy (non-hydrogen) atoms. The summed E-state index contributed by atoms with van der Waals surface area (Å²) in [5, 5.41) is 6.25. The molecule has 0 aromatic heterocycles. The number of likely N-dealkylation sites (tertiary alicyclic amines) is 2. The molecule has 3 saturated heterocycles. The predicted molar refractivity (Wildman–Crippen MR) is 151 cm³/mol. The Bertz CT molecular complexity index is 1150. The SMILES string of the molecule is COc1ccc(NC(=O)[C@@H]2[C@@H]3C=C[C@]4(O3)[C@@H]2C(=O)N(CCN2CCCC[C@@H]2C)[C@H]4C(=O)NC2CCCCC2)cc1.